The zero-order valence-corrected chi connectivity index (χ0v) is 9.65. The number of aromatic nitrogens is 2. The van der Waals surface area contributed by atoms with Gasteiger partial charge in [-0.25, -0.2) is 0 Å². The summed E-state index contributed by atoms with van der Waals surface area (Å²) in [7, 11) is 1.94. The van der Waals surface area contributed by atoms with Crippen LogP contribution in [-0.4, -0.2) is 16.6 Å². The van der Waals surface area contributed by atoms with Gasteiger partial charge < -0.3 is 5.32 Å². The highest BCUT2D eigenvalue weighted by molar-refractivity contribution is 7.10. The fourth-order valence-electron chi connectivity index (χ4n) is 1.40. The van der Waals surface area contributed by atoms with Crippen molar-refractivity contribution < 1.29 is 0 Å². The minimum absolute atomic E-state index is 0.179. The Labute approximate surface area is 91.0 Å². The van der Waals surface area contributed by atoms with Gasteiger partial charge in [0, 0.05) is 10.3 Å². The van der Waals surface area contributed by atoms with E-state index in [0.29, 0.717) is 0 Å². The minimum atomic E-state index is 0.179. The summed E-state index contributed by atoms with van der Waals surface area (Å²) in [5, 5.41) is 11.5. The van der Waals surface area contributed by atoms with Crippen molar-refractivity contribution >= 4 is 22.9 Å². The quantitative estimate of drug-likeness (QED) is 0.870. The molecule has 0 fully saturated rings. The Hall–Kier alpha value is -0.780. The molecule has 0 aliphatic heterocycles. The van der Waals surface area contributed by atoms with Crippen molar-refractivity contribution in [3.05, 3.63) is 33.0 Å². The Morgan fingerprint density at radius 2 is 2.29 bits per heavy atom. The average Bonchev–Trinajstić information content (AvgIpc) is 2.79. The molecular weight excluding hydrogens is 214 g/mol. The first-order chi connectivity index (χ1) is 6.81. The molecule has 2 aromatic heterocycles. The zero-order chi connectivity index (χ0) is 9.97. The predicted octanol–water partition coefficient (Wildman–Crippen LogP) is 2.22. The lowest BCUT2D eigenvalue weighted by Crippen LogP contribution is -2.17. The molecular formula is C9H11N3S2. The lowest BCUT2D eigenvalue weighted by Gasteiger charge is -2.10. The third-order valence-corrected chi connectivity index (χ3v) is 3.45. The zero-order valence-electron chi connectivity index (χ0n) is 8.02. The van der Waals surface area contributed by atoms with Crippen LogP contribution in [0, 0.1) is 6.92 Å². The van der Waals surface area contributed by atoms with Gasteiger partial charge in [0.25, 0.3) is 0 Å². The maximum atomic E-state index is 4.08. The molecule has 2 heterocycles. The molecule has 14 heavy (non-hydrogen) atoms. The van der Waals surface area contributed by atoms with Gasteiger partial charge >= 0.3 is 0 Å². The van der Waals surface area contributed by atoms with E-state index in [1.54, 1.807) is 11.3 Å². The van der Waals surface area contributed by atoms with Crippen LogP contribution in [0.25, 0.3) is 0 Å². The molecule has 5 heteroatoms. The molecule has 0 amide bonds. The van der Waals surface area contributed by atoms with Crippen molar-refractivity contribution in [3.8, 4) is 0 Å². The number of nitrogens with one attached hydrogen (secondary N) is 1. The fraction of sp³-hybridized carbons (Fsp3) is 0.333. The molecule has 0 saturated carbocycles. The normalized spacial score (nSPS) is 13.0. The van der Waals surface area contributed by atoms with E-state index in [1.807, 2.05) is 12.4 Å². The molecule has 0 radical (unpaired) electrons. The first-order valence-electron chi connectivity index (χ1n) is 4.30. The maximum Gasteiger partial charge on any atom is 0.0970 e. The van der Waals surface area contributed by atoms with Gasteiger partial charge in [-0.15, -0.1) is 16.4 Å². The molecule has 3 nitrogen and oxygen atoms in total. The molecule has 2 aromatic rings. The van der Waals surface area contributed by atoms with E-state index in [1.165, 1.54) is 22.0 Å². The largest absolute Gasteiger partial charge is 0.308 e. The van der Waals surface area contributed by atoms with Crippen LogP contribution in [-0.2, 0) is 0 Å². The monoisotopic (exact) mass is 225 g/mol. The number of hydrogen-bond donors (Lipinski definition) is 1. The summed E-state index contributed by atoms with van der Waals surface area (Å²) >= 11 is 3.15. The van der Waals surface area contributed by atoms with Crippen molar-refractivity contribution in [3.63, 3.8) is 0 Å². The van der Waals surface area contributed by atoms with Gasteiger partial charge in [-0.05, 0) is 42.5 Å². The minimum Gasteiger partial charge on any atom is -0.308 e. The molecule has 0 saturated heterocycles. The van der Waals surface area contributed by atoms with E-state index in [2.05, 4.69) is 33.3 Å². The fourth-order valence-corrected chi connectivity index (χ4v) is 2.61. The number of thiophene rings is 1. The number of aryl methyl sites for hydroxylation is 1. The molecule has 0 aromatic carbocycles. The summed E-state index contributed by atoms with van der Waals surface area (Å²) in [6.07, 6.45) is 0. The topological polar surface area (TPSA) is 37.8 Å². The summed E-state index contributed by atoms with van der Waals surface area (Å²) in [4.78, 5) is 1.32. The van der Waals surface area contributed by atoms with Crippen LogP contribution in [0.4, 0.5) is 0 Å². The van der Waals surface area contributed by atoms with Gasteiger partial charge in [0.2, 0.25) is 0 Å². The highest BCUT2D eigenvalue weighted by Gasteiger charge is 2.15. The van der Waals surface area contributed by atoms with E-state index in [-0.39, 0.29) is 6.04 Å². The molecule has 1 unspecified atom stereocenters. The third kappa shape index (κ3) is 1.84. The van der Waals surface area contributed by atoms with Crippen molar-refractivity contribution in [2.24, 2.45) is 0 Å². The molecule has 74 valence electrons. The smallest absolute Gasteiger partial charge is 0.0970 e. The van der Waals surface area contributed by atoms with Gasteiger partial charge in [0.1, 0.15) is 0 Å². The molecule has 1 atom stereocenters. The Morgan fingerprint density at radius 3 is 2.79 bits per heavy atom. The highest BCUT2D eigenvalue weighted by atomic mass is 32.1. The summed E-state index contributed by atoms with van der Waals surface area (Å²) in [6.45, 7) is 2.11. The Kier molecular flexibility index (Phi) is 2.90. The van der Waals surface area contributed by atoms with Crippen LogP contribution in [0.15, 0.2) is 16.8 Å². The van der Waals surface area contributed by atoms with E-state index in [0.717, 1.165) is 5.69 Å². The van der Waals surface area contributed by atoms with Crippen LogP contribution in [0.1, 0.15) is 22.2 Å². The number of nitrogens with zero attached hydrogens (tertiary/aromatic N) is 2. The molecule has 0 spiro atoms. The SMILES string of the molecule is CNC(c1csc(C)c1)c1csnn1. The van der Waals surface area contributed by atoms with Crippen molar-refractivity contribution in [2.75, 3.05) is 7.05 Å². The number of hydrogen-bond acceptors (Lipinski definition) is 5. The van der Waals surface area contributed by atoms with E-state index >= 15 is 0 Å². The van der Waals surface area contributed by atoms with Gasteiger partial charge in [0.15, 0.2) is 0 Å². The van der Waals surface area contributed by atoms with Gasteiger partial charge in [-0.3, -0.25) is 0 Å². The van der Waals surface area contributed by atoms with Crippen LogP contribution in [0.2, 0.25) is 0 Å². The summed E-state index contributed by atoms with van der Waals surface area (Å²) in [6, 6.07) is 2.37. The highest BCUT2D eigenvalue weighted by Crippen LogP contribution is 2.24. The maximum absolute atomic E-state index is 4.08. The summed E-state index contributed by atoms with van der Waals surface area (Å²) < 4.78 is 3.88. The third-order valence-electron chi connectivity index (χ3n) is 2.05. The van der Waals surface area contributed by atoms with Gasteiger partial charge in [0.05, 0.1) is 11.7 Å². The number of rotatable bonds is 3. The van der Waals surface area contributed by atoms with E-state index < -0.39 is 0 Å². The van der Waals surface area contributed by atoms with E-state index in [9.17, 15) is 0 Å². The lowest BCUT2D eigenvalue weighted by atomic mass is 10.1. The second-order valence-corrected chi connectivity index (χ2v) is 4.77. The molecule has 0 bridgehead atoms. The molecule has 2 rings (SSSR count). The van der Waals surface area contributed by atoms with Gasteiger partial charge in [-0.1, -0.05) is 4.49 Å². The lowest BCUT2D eigenvalue weighted by molar-refractivity contribution is 0.670. The van der Waals surface area contributed by atoms with Crippen molar-refractivity contribution in [2.45, 2.75) is 13.0 Å². The molecule has 1 N–H and O–H groups in total. The first kappa shape index (κ1) is 9.76. The van der Waals surface area contributed by atoms with Crippen LogP contribution in [0.3, 0.4) is 0 Å². The van der Waals surface area contributed by atoms with Gasteiger partial charge in [-0.2, -0.15) is 0 Å². The van der Waals surface area contributed by atoms with Crippen LogP contribution >= 0.6 is 22.9 Å². The first-order valence-corrected chi connectivity index (χ1v) is 6.02. The van der Waals surface area contributed by atoms with Crippen LogP contribution in [0.5, 0.6) is 0 Å². The Morgan fingerprint density at radius 1 is 1.43 bits per heavy atom. The average molecular weight is 225 g/mol. The van der Waals surface area contributed by atoms with Crippen molar-refractivity contribution in [1.29, 1.82) is 0 Å². The predicted molar refractivity (Wildman–Crippen MR) is 59.9 cm³/mol. The second kappa shape index (κ2) is 4.16. The Balaban J connectivity index is 2.31. The summed E-state index contributed by atoms with van der Waals surface area (Å²) in [5.41, 5.74) is 2.26. The Bertz CT molecular complexity index is 394. The summed E-state index contributed by atoms with van der Waals surface area (Å²) in [5.74, 6) is 0. The second-order valence-electron chi connectivity index (χ2n) is 3.04. The molecule has 0 aliphatic rings. The van der Waals surface area contributed by atoms with Crippen molar-refractivity contribution in [1.82, 2.24) is 14.9 Å². The standard InChI is InChI=1S/C9H11N3S2/c1-6-3-7(4-13-6)9(10-2)8-5-14-12-11-8/h3-5,9-10H,1-2H3. The van der Waals surface area contributed by atoms with Crippen LogP contribution < -0.4 is 5.32 Å². The molecule has 0 aliphatic carbocycles. The van der Waals surface area contributed by atoms with E-state index in [4.69, 9.17) is 0 Å².